The second-order valence-electron chi connectivity index (χ2n) is 3.63. The van der Waals surface area contributed by atoms with Crippen LogP contribution in [-0.2, 0) is 0 Å². The third kappa shape index (κ3) is 0.810. The van der Waals surface area contributed by atoms with Crippen LogP contribution in [0.25, 0.3) is 0 Å². The minimum Gasteiger partial charge on any atom is -0.0845 e. The summed E-state index contributed by atoms with van der Waals surface area (Å²) < 4.78 is 0. The molecule has 2 aliphatic carbocycles. The molecule has 0 amide bonds. The van der Waals surface area contributed by atoms with E-state index in [0.29, 0.717) is 0 Å². The predicted octanol–water partition coefficient (Wildman–Crippen LogP) is 2.61. The Balaban J connectivity index is 2.01. The molecule has 0 aromatic carbocycles. The second kappa shape index (κ2) is 1.86. The van der Waals surface area contributed by atoms with Gasteiger partial charge in [0.05, 0.1) is 0 Å². The van der Waals surface area contributed by atoms with E-state index in [4.69, 9.17) is 0 Å². The van der Waals surface area contributed by atoms with Crippen LogP contribution in [0.15, 0.2) is 12.2 Å². The Bertz CT molecular complexity index is 135. The molecule has 0 heteroatoms. The second-order valence-corrected chi connectivity index (χ2v) is 3.63. The van der Waals surface area contributed by atoms with Gasteiger partial charge in [-0.3, -0.25) is 0 Å². The quantitative estimate of drug-likeness (QED) is 0.433. The molecule has 3 unspecified atom stereocenters. The van der Waals surface area contributed by atoms with Crippen LogP contribution in [0.2, 0.25) is 0 Å². The van der Waals surface area contributed by atoms with Gasteiger partial charge < -0.3 is 0 Å². The van der Waals surface area contributed by atoms with E-state index in [1.165, 1.54) is 19.3 Å². The molecule has 50 valence electrons. The van der Waals surface area contributed by atoms with Crippen LogP contribution in [0, 0.1) is 17.8 Å². The van der Waals surface area contributed by atoms with Gasteiger partial charge in [-0.15, -0.1) is 0 Å². The van der Waals surface area contributed by atoms with Gasteiger partial charge in [0.15, 0.2) is 0 Å². The van der Waals surface area contributed by atoms with Crippen molar-refractivity contribution in [1.29, 1.82) is 0 Å². The van der Waals surface area contributed by atoms with Gasteiger partial charge in [-0.2, -0.15) is 0 Å². The van der Waals surface area contributed by atoms with E-state index in [2.05, 4.69) is 19.1 Å². The van der Waals surface area contributed by atoms with Gasteiger partial charge in [0.1, 0.15) is 0 Å². The lowest BCUT2D eigenvalue weighted by Gasteiger charge is -2.36. The highest BCUT2D eigenvalue weighted by atomic mass is 14.3. The molecule has 0 saturated heterocycles. The summed E-state index contributed by atoms with van der Waals surface area (Å²) in [7, 11) is 0. The third-order valence-electron chi connectivity index (χ3n) is 2.82. The third-order valence-corrected chi connectivity index (χ3v) is 2.82. The summed E-state index contributed by atoms with van der Waals surface area (Å²) in [6, 6.07) is 0. The molecule has 0 aliphatic heterocycles. The maximum atomic E-state index is 2.39. The summed E-state index contributed by atoms with van der Waals surface area (Å²) in [5.74, 6) is 2.96. The first-order chi connectivity index (χ1) is 4.36. The van der Waals surface area contributed by atoms with Gasteiger partial charge in [-0.25, -0.2) is 0 Å². The van der Waals surface area contributed by atoms with Crippen molar-refractivity contribution >= 4 is 0 Å². The monoisotopic (exact) mass is 122 g/mol. The number of hydrogen-bond acceptors (Lipinski definition) is 0. The zero-order chi connectivity index (χ0) is 6.27. The van der Waals surface area contributed by atoms with E-state index in [0.717, 1.165) is 17.8 Å². The van der Waals surface area contributed by atoms with Gasteiger partial charge >= 0.3 is 0 Å². The van der Waals surface area contributed by atoms with Crippen molar-refractivity contribution in [3.05, 3.63) is 12.2 Å². The Morgan fingerprint density at radius 2 is 1.89 bits per heavy atom. The van der Waals surface area contributed by atoms with Crippen molar-refractivity contribution < 1.29 is 0 Å². The van der Waals surface area contributed by atoms with Crippen LogP contribution in [0.4, 0.5) is 0 Å². The highest BCUT2D eigenvalue weighted by Crippen LogP contribution is 2.40. The van der Waals surface area contributed by atoms with Crippen LogP contribution < -0.4 is 0 Å². The summed E-state index contributed by atoms with van der Waals surface area (Å²) in [6.07, 6.45) is 9.16. The average Bonchev–Trinajstić information content (AvgIpc) is 1.78. The largest absolute Gasteiger partial charge is 0.0845 e. The van der Waals surface area contributed by atoms with Crippen molar-refractivity contribution in [1.82, 2.24) is 0 Å². The molecule has 3 atom stereocenters. The lowest BCUT2D eigenvalue weighted by molar-refractivity contribution is 0.241. The Labute approximate surface area is 57.0 Å². The molecule has 0 bridgehead atoms. The fraction of sp³-hybridized carbons (Fsp3) is 0.778. The van der Waals surface area contributed by atoms with E-state index >= 15 is 0 Å². The van der Waals surface area contributed by atoms with Crippen LogP contribution in [0.5, 0.6) is 0 Å². The zero-order valence-corrected chi connectivity index (χ0v) is 6.01. The first-order valence-corrected chi connectivity index (χ1v) is 4.04. The molecule has 2 rings (SSSR count). The van der Waals surface area contributed by atoms with Crippen LogP contribution >= 0.6 is 0 Å². The summed E-state index contributed by atoms with van der Waals surface area (Å²) in [6.45, 7) is 2.38. The first-order valence-electron chi connectivity index (χ1n) is 4.04. The predicted molar refractivity (Wildman–Crippen MR) is 39.1 cm³/mol. The molecule has 0 heterocycles. The fourth-order valence-electron chi connectivity index (χ4n) is 2.05. The van der Waals surface area contributed by atoms with Crippen molar-refractivity contribution in [2.45, 2.75) is 26.2 Å². The van der Waals surface area contributed by atoms with Crippen molar-refractivity contribution in [2.24, 2.45) is 17.8 Å². The maximum absolute atomic E-state index is 2.39. The average molecular weight is 122 g/mol. The first kappa shape index (κ1) is 5.52. The summed E-state index contributed by atoms with van der Waals surface area (Å²) in [4.78, 5) is 0. The Morgan fingerprint density at radius 1 is 1.11 bits per heavy atom. The number of fused-ring (bicyclic) bond motifs is 1. The molecule has 0 aromatic rings. The SMILES string of the molecule is CC1CCC2C=CC2C1. The minimum atomic E-state index is 0.980. The van der Waals surface area contributed by atoms with E-state index in [9.17, 15) is 0 Å². The van der Waals surface area contributed by atoms with Gasteiger partial charge in [0.25, 0.3) is 0 Å². The van der Waals surface area contributed by atoms with Gasteiger partial charge in [0, 0.05) is 0 Å². The molecule has 1 fully saturated rings. The smallest absolute Gasteiger partial charge is 0.0168 e. The highest BCUT2D eigenvalue weighted by Gasteiger charge is 2.29. The van der Waals surface area contributed by atoms with Crippen LogP contribution in [-0.4, -0.2) is 0 Å². The van der Waals surface area contributed by atoms with Gasteiger partial charge in [-0.05, 0) is 30.6 Å². The van der Waals surface area contributed by atoms with E-state index in [-0.39, 0.29) is 0 Å². The zero-order valence-electron chi connectivity index (χ0n) is 6.01. The van der Waals surface area contributed by atoms with Crippen molar-refractivity contribution in [3.8, 4) is 0 Å². The van der Waals surface area contributed by atoms with Crippen LogP contribution in [0.1, 0.15) is 26.2 Å². The fourth-order valence-corrected chi connectivity index (χ4v) is 2.05. The number of allylic oxidation sites excluding steroid dienone is 2. The molecule has 0 spiro atoms. The molecule has 9 heavy (non-hydrogen) atoms. The lowest BCUT2D eigenvalue weighted by atomic mass is 9.69. The Kier molecular flexibility index (Phi) is 1.14. The number of rotatable bonds is 0. The summed E-state index contributed by atoms with van der Waals surface area (Å²) >= 11 is 0. The molecular weight excluding hydrogens is 108 g/mol. The molecule has 0 nitrogen and oxygen atoms in total. The Hall–Kier alpha value is -0.260. The maximum Gasteiger partial charge on any atom is -0.0168 e. The standard InChI is InChI=1S/C9H14/c1-7-2-3-8-4-5-9(8)6-7/h4-5,7-9H,2-3,6H2,1H3. The van der Waals surface area contributed by atoms with E-state index < -0.39 is 0 Å². The van der Waals surface area contributed by atoms with E-state index in [1.807, 2.05) is 0 Å². The molecule has 2 aliphatic rings. The minimum absolute atomic E-state index is 0.980. The lowest BCUT2D eigenvalue weighted by Crippen LogP contribution is -2.26. The number of hydrogen-bond donors (Lipinski definition) is 0. The molecule has 0 aromatic heterocycles. The van der Waals surface area contributed by atoms with Gasteiger partial charge in [0.2, 0.25) is 0 Å². The molecule has 1 saturated carbocycles. The summed E-state index contributed by atoms with van der Waals surface area (Å²) in [5.41, 5.74) is 0. The molecule has 0 N–H and O–H groups in total. The highest BCUT2D eigenvalue weighted by molar-refractivity contribution is 5.10. The summed E-state index contributed by atoms with van der Waals surface area (Å²) in [5, 5.41) is 0. The molecular formula is C9H14. The normalized spacial score (nSPS) is 47.9. The molecule has 0 radical (unpaired) electrons. The van der Waals surface area contributed by atoms with Crippen molar-refractivity contribution in [3.63, 3.8) is 0 Å². The van der Waals surface area contributed by atoms with Crippen LogP contribution in [0.3, 0.4) is 0 Å². The van der Waals surface area contributed by atoms with Crippen molar-refractivity contribution in [2.75, 3.05) is 0 Å². The van der Waals surface area contributed by atoms with Gasteiger partial charge in [-0.1, -0.05) is 25.5 Å². The van der Waals surface area contributed by atoms with E-state index in [1.54, 1.807) is 0 Å². The Morgan fingerprint density at radius 3 is 2.33 bits per heavy atom. The topological polar surface area (TPSA) is 0 Å².